The molecule has 43 heavy (non-hydrogen) atoms. The average Bonchev–Trinajstić information content (AvgIpc) is 3.37. The number of hydrogen-bond acceptors (Lipinski definition) is 2. The van der Waals surface area contributed by atoms with E-state index in [2.05, 4.69) is 87.1 Å². The topological polar surface area (TPSA) is 18.5 Å². The number of ether oxygens (including phenoxy) is 2. The van der Waals surface area contributed by atoms with Crippen LogP contribution in [0.2, 0.25) is 0 Å². The van der Waals surface area contributed by atoms with Gasteiger partial charge in [0.1, 0.15) is 0 Å². The zero-order chi connectivity index (χ0) is 31.2. The van der Waals surface area contributed by atoms with Crippen molar-refractivity contribution in [2.24, 2.45) is 16.2 Å². The first-order valence-corrected chi connectivity index (χ1v) is 16.1. The van der Waals surface area contributed by atoms with Crippen LogP contribution in [0.4, 0.5) is 0 Å². The van der Waals surface area contributed by atoms with Gasteiger partial charge in [-0.05, 0) is 144 Å². The monoisotopic (exact) mass is 574 g/mol. The molecule has 2 heteroatoms. The Hall–Kier alpha value is -3.26. The second-order valence-corrected chi connectivity index (χ2v) is 15.1. The van der Waals surface area contributed by atoms with Gasteiger partial charge in [-0.25, -0.2) is 0 Å². The van der Waals surface area contributed by atoms with E-state index in [1.807, 2.05) is 6.07 Å². The molecule has 2 aromatic carbocycles. The molecule has 1 heterocycles. The van der Waals surface area contributed by atoms with Crippen molar-refractivity contribution in [2.45, 2.75) is 100 Å². The first kappa shape index (κ1) is 29.8. The summed E-state index contributed by atoms with van der Waals surface area (Å²) in [5.41, 5.74) is 17.8. The number of rotatable bonds is 5. The molecular weight excluding hydrogens is 524 g/mol. The Morgan fingerprint density at radius 3 is 2.33 bits per heavy atom. The summed E-state index contributed by atoms with van der Waals surface area (Å²) in [5.74, 6) is 2.15. The molecule has 0 N–H and O–H groups in total. The van der Waals surface area contributed by atoms with Crippen molar-refractivity contribution >= 4 is 5.57 Å². The molecule has 1 aliphatic heterocycles. The third kappa shape index (κ3) is 4.19. The molecule has 3 atom stereocenters. The van der Waals surface area contributed by atoms with Crippen LogP contribution in [-0.4, -0.2) is 6.79 Å². The van der Waals surface area contributed by atoms with Gasteiger partial charge in [0.05, 0.1) is 0 Å². The quantitative estimate of drug-likeness (QED) is 0.354. The zero-order valence-electron chi connectivity index (χ0n) is 28.1. The Morgan fingerprint density at radius 1 is 0.953 bits per heavy atom. The molecule has 0 spiro atoms. The Morgan fingerprint density at radius 2 is 1.65 bits per heavy atom. The molecule has 226 valence electrons. The van der Waals surface area contributed by atoms with E-state index in [1.54, 1.807) is 0 Å². The van der Waals surface area contributed by atoms with Gasteiger partial charge in [-0.15, -0.1) is 0 Å². The number of fused-ring (bicyclic) bond motifs is 4. The first-order valence-electron chi connectivity index (χ1n) is 16.1. The molecule has 0 unspecified atom stereocenters. The molecule has 0 radical (unpaired) electrons. The van der Waals surface area contributed by atoms with Crippen LogP contribution in [0, 0.1) is 23.2 Å². The summed E-state index contributed by atoms with van der Waals surface area (Å²) >= 11 is 0. The molecule has 2 nitrogen and oxygen atoms in total. The molecule has 0 bridgehead atoms. The van der Waals surface area contributed by atoms with Crippen molar-refractivity contribution in [3.63, 3.8) is 0 Å². The van der Waals surface area contributed by atoms with Crippen LogP contribution in [0.25, 0.3) is 5.57 Å². The van der Waals surface area contributed by atoms with Gasteiger partial charge < -0.3 is 9.47 Å². The van der Waals surface area contributed by atoms with Crippen LogP contribution >= 0.6 is 0 Å². The highest BCUT2D eigenvalue weighted by atomic mass is 16.7. The normalized spacial score (nSPS) is 27.9. The van der Waals surface area contributed by atoms with E-state index in [-0.39, 0.29) is 16.2 Å². The lowest BCUT2D eigenvalue weighted by atomic mass is 9.41. The van der Waals surface area contributed by atoms with Crippen molar-refractivity contribution in [3.8, 4) is 11.5 Å². The largest absolute Gasteiger partial charge is 0.454 e. The number of aryl methyl sites for hydroxylation is 2. The Bertz CT molecular complexity index is 1680. The first-order chi connectivity index (χ1) is 20.1. The highest BCUT2D eigenvalue weighted by molar-refractivity contribution is 5.87. The average molecular weight is 575 g/mol. The molecule has 4 aliphatic rings. The Balaban J connectivity index is 1.47. The van der Waals surface area contributed by atoms with Gasteiger partial charge in [-0.2, -0.15) is 0 Å². The zero-order valence-corrected chi connectivity index (χ0v) is 28.1. The molecule has 0 fully saturated rings. The molecule has 2 aromatic rings. The highest BCUT2D eigenvalue weighted by Crippen LogP contribution is 2.70. The molecule has 0 saturated carbocycles. The Labute approximate surface area is 260 Å². The predicted octanol–water partition coefficient (Wildman–Crippen LogP) is 10.8. The van der Waals surface area contributed by atoms with E-state index < -0.39 is 0 Å². The van der Waals surface area contributed by atoms with Crippen molar-refractivity contribution in [3.05, 3.63) is 111 Å². The maximum Gasteiger partial charge on any atom is 0.231 e. The summed E-state index contributed by atoms with van der Waals surface area (Å²) in [6.07, 6.45) is 5.23. The van der Waals surface area contributed by atoms with E-state index in [4.69, 9.17) is 22.6 Å². The fourth-order valence-corrected chi connectivity index (χ4v) is 9.83. The van der Waals surface area contributed by atoms with Crippen molar-refractivity contribution in [1.29, 1.82) is 0 Å². The molecule has 0 saturated heterocycles. The summed E-state index contributed by atoms with van der Waals surface area (Å²) in [5, 5.41) is 0. The van der Waals surface area contributed by atoms with Crippen LogP contribution in [0.3, 0.4) is 0 Å². The summed E-state index contributed by atoms with van der Waals surface area (Å²) in [6, 6.07) is 8.88. The van der Waals surface area contributed by atoms with Gasteiger partial charge in [0.15, 0.2) is 11.5 Å². The third-order valence-electron chi connectivity index (χ3n) is 11.9. The third-order valence-corrected chi connectivity index (χ3v) is 11.9. The maximum atomic E-state index is 5.66. The smallest absolute Gasteiger partial charge is 0.231 e. The van der Waals surface area contributed by atoms with Crippen molar-refractivity contribution < 1.29 is 9.47 Å². The summed E-state index contributed by atoms with van der Waals surface area (Å²) in [4.78, 5) is 0. The highest BCUT2D eigenvalue weighted by Gasteiger charge is 2.59. The lowest BCUT2D eigenvalue weighted by Gasteiger charge is -2.62. The maximum absolute atomic E-state index is 5.66. The van der Waals surface area contributed by atoms with E-state index >= 15 is 0 Å². The molecule has 3 aliphatic carbocycles. The summed E-state index contributed by atoms with van der Waals surface area (Å²) < 4.78 is 11.2. The second-order valence-electron chi connectivity index (χ2n) is 15.1. The molecular formula is C41H50O2. The summed E-state index contributed by atoms with van der Waals surface area (Å²) in [7, 11) is 0. The van der Waals surface area contributed by atoms with Gasteiger partial charge in [0, 0.05) is 5.41 Å². The standard InChI is InChI=1S/C41H50O2/c1-23(2)32-18-31(15-13-30-14-16-34-35(17-30)43-22-42-34)26(6)37-27(7)38-29(9)41(12)28(8)36(24(3)4)25(5)19-40(41,11)21-39(38,10)20-33(32)37/h14,16-18,23H,3,7-8,13,15,19-22H2,1-2,4-6,9-12H3/t39-,40+,41-/m1/s1. The minimum absolute atomic E-state index is 0.0355. The van der Waals surface area contributed by atoms with Gasteiger partial charge in [-0.3, -0.25) is 0 Å². The molecule has 0 aromatic heterocycles. The van der Waals surface area contributed by atoms with Crippen LogP contribution in [0.1, 0.15) is 108 Å². The lowest BCUT2D eigenvalue weighted by Crippen LogP contribution is -2.52. The van der Waals surface area contributed by atoms with Gasteiger partial charge in [0.25, 0.3) is 0 Å². The predicted molar refractivity (Wildman–Crippen MR) is 181 cm³/mol. The van der Waals surface area contributed by atoms with Crippen molar-refractivity contribution in [2.75, 3.05) is 6.79 Å². The van der Waals surface area contributed by atoms with Crippen LogP contribution < -0.4 is 9.47 Å². The van der Waals surface area contributed by atoms with Gasteiger partial charge in [0.2, 0.25) is 6.79 Å². The van der Waals surface area contributed by atoms with E-state index in [1.165, 1.54) is 66.8 Å². The minimum atomic E-state index is -0.137. The number of allylic oxidation sites excluding steroid dienone is 7. The van der Waals surface area contributed by atoms with E-state index in [0.717, 1.165) is 49.2 Å². The van der Waals surface area contributed by atoms with Crippen LogP contribution in [0.15, 0.2) is 77.4 Å². The summed E-state index contributed by atoms with van der Waals surface area (Å²) in [6.45, 7) is 35.8. The molecule has 6 rings (SSSR count). The Kier molecular flexibility index (Phi) is 6.84. The fourth-order valence-electron chi connectivity index (χ4n) is 9.83. The fraction of sp³-hybridized carbons (Fsp3) is 0.463. The molecule has 0 amide bonds. The SMILES string of the molecule is C=C(C)C1=C(C)C[C@@]2(C)C[C@@]3(C)Cc4c(C(C)C)cc(CCc5ccc6c(c5)OCO6)c(C)c4C(=C)C3=C(C)[C@@]2(C)C1=C. The van der Waals surface area contributed by atoms with E-state index in [0.29, 0.717) is 12.7 Å². The van der Waals surface area contributed by atoms with Crippen molar-refractivity contribution in [1.82, 2.24) is 0 Å². The number of hydrogen-bond donors (Lipinski definition) is 0. The second kappa shape index (κ2) is 9.88. The van der Waals surface area contributed by atoms with Gasteiger partial charge in [-0.1, -0.05) is 83.2 Å². The van der Waals surface area contributed by atoms with E-state index in [9.17, 15) is 0 Å². The van der Waals surface area contributed by atoms with Gasteiger partial charge >= 0.3 is 0 Å². The lowest BCUT2D eigenvalue weighted by molar-refractivity contribution is 0.0543. The minimum Gasteiger partial charge on any atom is -0.454 e. The van der Waals surface area contributed by atoms with Crippen LogP contribution in [-0.2, 0) is 19.3 Å². The van der Waals surface area contributed by atoms with Crippen LogP contribution in [0.5, 0.6) is 11.5 Å². The number of benzene rings is 2.